The lowest BCUT2D eigenvalue weighted by Gasteiger charge is -2.29. The van der Waals surface area contributed by atoms with E-state index in [4.69, 9.17) is 5.11 Å². The number of amides is 1. The predicted molar refractivity (Wildman–Crippen MR) is 67.6 cm³/mol. The van der Waals surface area contributed by atoms with E-state index in [9.17, 15) is 9.59 Å². The zero-order chi connectivity index (χ0) is 13.8. The van der Waals surface area contributed by atoms with Crippen molar-refractivity contribution in [1.29, 1.82) is 0 Å². The molecule has 2 rings (SSSR count). The minimum absolute atomic E-state index is 0.223. The third-order valence-corrected chi connectivity index (χ3v) is 3.41. The summed E-state index contributed by atoms with van der Waals surface area (Å²) in [5.41, 5.74) is 0.956. The quantitative estimate of drug-likeness (QED) is 0.853. The van der Waals surface area contributed by atoms with Crippen molar-refractivity contribution in [2.75, 3.05) is 0 Å². The van der Waals surface area contributed by atoms with Gasteiger partial charge in [0.15, 0.2) is 0 Å². The molecule has 2 atom stereocenters. The fraction of sp³-hybridized carbons (Fsp3) is 0.538. The van der Waals surface area contributed by atoms with Crippen LogP contribution in [0.2, 0.25) is 0 Å². The van der Waals surface area contributed by atoms with Crippen molar-refractivity contribution in [2.24, 2.45) is 5.92 Å². The van der Waals surface area contributed by atoms with Crippen LogP contribution >= 0.6 is 0 Å². The van der Waals surface area contributed by atoms with Gasteiger partial charge in [-0.3, -0.25) is 14.6 Å². The Hall–Kier alpha value is -1.98. The minimum Gasteiger partial charge on any atom is -0.481 e. The highest BCUT2D eigenvalue weighted by Crippen LogP contribution is 2.24. The summed E-state index contributed by atoms with van der Waals surface area (Å²) in [5, 5.41) is 11.9. The Bertz CT molecular complexity index is 473. The topological polar surface area (TPSA) is 92.2 Å². The van der Waals surface area contributed by atoms with E-state index in [0.717, 1.165) is 18.5 Å². The molecule has 1 aliphatic carbocycles. The molecule has 1 heterocycles. The molecule has 0 saturated heterocycles. The molecule has 1 amide bonds. The van der Waals surface area contributed by atoms with Crippen LogP contribution in [-0.4, -0.2) is 33.0 Å². The Morgan fingerprint density at radius 3 is 2.63 bits per heavy atom. The molecule has 0 aromatic carbocycles. The van der Waals surface area contributed by atoms with Crippen LogP contribution in [0.4, 0.5) is 0 Å². The highest BCUT2D eigenvalue weighted by Gasteiger charge is 2.32. The van der Waals surface area contributed by atoms with Crippen LogP contribution in [0.25, 0.3) is 0 Å². The number of carbonyl (C=O) groups is 2. The number of aromatic nitrogens is 2. The molecule has 0 spiro atoms. The second-order valence-corrected chi connectivity index (χ2v) is 4.85. The molecule has 1 aromatic rings. The van der Waals surface area contributed by atoms with Crippen molar-refractivity contribution >= 4 is 11.9 Å². The normalized spacial score (nSPS) is 22.8. The van der Waals surface area contributed by atoms with E-state index >= 15 is 0 Å². The van der Waals surface area contributed by atoms with E-state index in [1.807, 2.05) is 0 Å². The fourth-order valence-corrected chi connectivity index (χ4v) is 2.35. The Balaban J connectivity index is 2.04. The number of aryl methyl sites for hydroxylation is 1. The van der Waals surface area contributed by atoms with Gasteiger partial charge in [-0.15, -0.1) is 0 Å². The summed E-state index contributed by atoms with van der Waals surface area (Å²) >= 11 is 0. The molecule has 102 valence electrons. The molecule has 0 aliphatic heterocycles. The maximum absolute atomic E-state index is 12.0. The largest absolute Gasteiger partial charge is 0.481 e. The second-order valence-electron chi connectivity index (χ2n) is 4.85. The molecule has 1 aromatic heterocycles. The van der Waals surface area contributed by atoms with Gasteiger partial charge in [-0.2, -0.15) is 0 Å². The zero-order valence-corrected chi connectivity index (χ0v) is 10.8. The molecule has 0 bridgehead atoms. The molecule has 1 fully saturated rings. The fourth-order valence-electron chi connectivity index (χ4n) is 2.35. The van der Waals surface area contributed by atoms with Gasteiger partial charge in [-0.1, -0.05) is 12.8 Å². The first-order valence-electron chi connectivity index (χ1n) is 6.40. The van der Waals surface area contributed by atoms with Gasteiger partial charge in [0, 0.05) is 12.2 Å². The van der Waals surface area contributed by atoms with E-state index in [1.54, 1.807) is 6.92 Å². The SMILES string of the molecule is Cc1cnc(C(=O)NC2CCCCC2C(=O)O)cn1. The third-order valence-electron chi connectivity index (χ3n) is 3.41. The zero-order valence-electron chi connectivity index (χ0n) is 10.8. The summed E-state index contributed by atoms with van der Waals surface area (Å²) in [6.45, 7) is 1.79. The minimum atomic E-state index is -0.847. The number of nitrogens with one attached hydrogen (secondary N) is 1. The molecule has 1 aliphatic rings. The summed E-state index contributed by atoms with van der Waals surface area (Å²) in [6.07, 6.45) is 6.07. The molecule has 6 nitrogen and oxygen atoms in total. The van der Waals surface area contributed by atoms with E-state index in [2.05, 4.69) is 15.3 Å². The molecule has 6 heteroatoms. The number of rotatable bonds is 3. The Morgan fingerprint density at radius 1 is 1.26 bits per heavy atom. The van der Waals surface area contributed by atoms with Crippen molar-refractivity contribution in [2.45, 2.75) is 38.6 Å². The molecule has 1 saturated carbocycles. The Morgan fingerprint density at radius 2 is 2.00 bits per heavy atom. The van der Waals surface area contributed by atoms with Crippen molar-refractivity contribution in [3.05, 3.63) is 23.8 Å². The van der Waals surface area contributed by atoms with Crippen LogP contribution < -0.4 is 5.32 Å². The van der Waals surface area contributed by atoms with Gasteiger partial charge in [0.2, 0.25) is 0 Å². The van der Waals surface area contributed by atoms with Crippen molar-refractivity contribution in [1.82, 2.24) is 15.3 Å². The first-order valence-corrected chi connectivity index (χ1v) is 6.40. The van der Waals surface area contributed by atoms with Gasteiger partial charge in [0.05, 0.1) is 17.8 Å². The van der Waals surface area contributed by atoms with Gasteiger partial charge in [0.1, 0.15) is 5.69 Å². The van der Waals surface area contributed by atoms with Crippen LogP contribution in [0.5, 0.6) is 0 Å². The predicted octanol–water partition coefficient (Wildman–Crippen LogP) is 1.16. The summed E-state index contributed by atoms with van der Waals surface area (Å²) in [5.74, 6) is -1.71. The summed E-state index contributed by atoms with van der Waals surface area (Å²) in [4.78, 5) is 31.1. The number of hydrogen-bond donors (Lipinski definition) is 2. The van der Waals surface area contributed by atoms with Crippen molar-refractivity contribution in [3.63, 3.8) is 0 Å². The van der Waals surface area contributed by atoms with Crippen LogP contribution in [0.15, 0.2) is 12.4 Å². The van der Waals surface area contributed by atoms with Gasteiger partial charge < -0.3 is 10.4 Å². The maximum Gasteiger partial charge on any atom is 0.308 e. The van der Waals surface area contributed by atoms with E-state index in [-0.39, 0.29) is 17.6 Å². The number of nitrogens with zero attached hydrogens (tertiary/aromatic N) is 2. The Labute approximate surface area is 111 Å². The number of hydrogen-bond acceptors (Lipinski definition) is 4. The van der Waals surface area contributed by atoms with Gasteiger partial charge in [-0.05, 0) is 19.8 Å². The van der Waals surface area contributed by atoms with Gasteiger partial charge >= 0.3 is 5.97 Å². The monoisotopic (exact) mass is 263 g/mol. The lowest BCUT2D eigenvalue weighted by molar-refractivity contribution is -0.143. The number of carbonyl (C=O) groups excluding carboxylic acids is 1. The first-order chi connectivity index (χ1) is 9.08. The van der Waals surface area contributed by atoms with Crippen LogP contribution in [0.3, 0.4) is 0 Å². The molecule has 19 heavy (non-hydrogen) atoms. The highest BCUT2D eigenvalue weighted by molar-refractivity contribution is 5.92. The van der Waals surface area contributed by atoms with E-state index in [0.29, 0.717) is 12.8 Å². The van der Waals surface area contributed by atoms with Crippen LogP contribution in [0.1, 0.15) is 41.9 Å². The van der Waals surface area contributed by atoms with E-state index < -0.39 is 11.9 Å². The molecular formula is C13H17N3O3. The first kappa shape index (κ1) is 13.5. The average molecular weight is 263 g/mol. The smallest absolute Gasteiger partial charge is 0.308 e. The molecule has 2 N–H and O–H groups in total. The standard InChI is InChI=1S/C13H17N3O3/c1-8-6-15-11(7-14-8)12(17)16-10-5-3-2-4-9(10)13(18)19/h6-7,9-10H,2-5H2,1H3,(H,16,17)(H,18,19). The van der Waals surface area contributed by atoms with Gasteiger partial charge in [-0.25, -0.2) is 4.98 Å². The van der Waals surface area contributed by atoms with Crippen LogP contribution in [0, 0.1) is 12.8 Å². The highest BCUT2D eigenvalue weighted by atomic mass is 16.4. The second kappa shape index (κ2) is 5.77. The number of carboxylic acid groups (broad SMARTS) is 1. The summed E-state index contributed by atoms with van der Waals surface area (Å²) in [7, 11) is 0. The molecular weight excluding hydrogens is 246 g/mol. The number of carboxylic acids is 1. The summed E-state index contributed by atoms with van der Waals surface area (Å²) < 4.78 is 0. The Kier molecular flexibility index (Phi) is 4.09. The molecule has 0 radical (unpaired) electrons. The van der Waals surface area contributed by atoms with Crippen molar-refractivity contribution in [3.8, 4) is 0 Å². The lowest BCUT2D eigenvalue weighted by atomic mass is 9.84. The van der Waals surface area contributed by atoms with Crippen molar-refractivity contribution < 1.29 is 14.7 Å². The number of aliphatic carboxylic acids is 1. The maximum atomic E-state index is 12.0. The molecule has 2 unspecified atom stereocenters. The van der Waals surface area contributed by atoms with Gasteiger partial charge in [0.25, 0.3) is 5.91 Å². The van der Waals surface area contributed by atoms with E-state index in [1.165, 1.54) is 12.4 Å². The lowest BCUT2D eigenvalue weighted by Crippen LogP contribution is -2.45. The third kappa shape index (κ3) is 3.27. The average Bonchev–Trinajstić information content (AvgIpc) is 2.39. The van der Waals surface area contributed by atoms with Crippen LogP contribution in [-0.2, 0) is 4.79 Å². The summed E-state index contributed by atoms with van der Waals surface area (Å²) in [6, 6.07) is -0.318.